The first-order chi connectivity index (χ1) is 13.0. The topological polar surface area (TPSA) is 67.4 Å². The number of benzene rings is 2. The summed E-state index contributed by atoms with van der Waals surface area (Å²) in [6, 6.07) is 14.2. The first kappa shape index (κ1) is 19.3. The van der Waals surface area contributed by atoms with Crippen LogP contribution in [0.4, 0.5) is 5.69 Å². The van der Waals surface area contributed by atoms with Crippen molar-refractivity contribution in [1.82, 2.24) is 5.32 Å². The molecule has 0 saturated heterocycles. The molecule has 7 heteroatoms. The third-order valence-electron chi connectivity index (χ3n) is 3.95. The van der Waals surface area contributed by atoms with E-state index in [2.05, 4.69) is 10.6 Å². The lowest BCUT2D eigenvalue weighted by molar-refractivity contribution is -0.112. The number of hydrogen-bond acceptors (Lipinski definition) is 4. The number of thioether (sulfide) groups is 1. The molecule has 0 fully saturated rings. The molecule has 1 aliphatic heterocycles. The fourth-order valence-corrected chi connectivity index (χ4v) is 3.59. The van der Waals surface area contributed by atoms with E-state index in [0.29, 0.717) is 40.1 Å². The van der Waals surface area contributed by atoms with E-state index < -0.39 is 0 Å². The van der Waals surface area contributed by atoms with Gasteiger partial charge < -0.3 is 15.4 Å². The number of halogens is 1. The molecule has 2 aromatic carbocycles. The molecule has 1 heterocycles. The van der Waals surface area contributed by atoms with Gasteiger partial charge in [0.25, 0.3) is 11.8 Å². The monoisotopic (exact) mass is 402 g/mol. The molecule has 0 aromatic heterocycles. The van der Waals surface area contributed by atoms with Gasteiger partial charge in [0.2, 0.25) is 0 Å². The maximum absolute atomic E-state index is 12.4. The standard InChI is InChI=1S/C20H19ClN2O3S/c1-13-18(27-10-9-26-13)20(25)23-16-7-4-6-14(11-16)19(24)22-12-15-5-2-3-8-17(15)21/h2-8,11H,9-10,12H2,1H3,(H,22,24)(H,23,25). The van der Waals surface area contributed by atoms with Gasteiger partial charge in [0.1, 0.15) is 10.7 Å². The normalized spacial score (nSPS) is 13.7. The van der Waals surface area contributed by atoms with Gasteiger partial charge in [-0.3, -0.25) is 9.59 Å². The summed E-state index contributed by atoms with van der Waals surface area (Å²) in [6.07, 6.45) is 0. The van der Waals surface area contributed by atoms with Gasteiger partial charge in [-0.25, -0.2) is 0 Å². The quantitative estimate of drug-likeness (QED) is 0.786. The minimum atomic E-state index is -0.239. The van der Waals surface area contributed by atoms with Crippen LogP contribution in [0.3, 0.4) is 0 Å². The SMILES string of the molecule is CC1=C(C(=O)Nc2cccc(C(=O)NCc3ccccc3Cl)c2)SCCO1. The second-order valence-corrected chi connectivity index (χ2v) is 7.40. The highest BCUT2D eigenvalue weighted by Crippen LogP contribution is 2.26. The predicted molar refractivity (Wildman–Crippen MR) is 109 cm³/mol. The number of anilines is 1. The average Bonchev–Trinajstić information content (AvgIpc) is 2.67. The second kappa shape index (κ2) is 8.97. The Kier molecular flexibility index (Phi) is 6.42. The Hall–Kier alpha value is -2.44. The van der Waals surface area contributed by atoms with Gasteiger partial charge in [-0.2, -0.15) is 0 Å². The Labute approximate surface area is 167 Å². The lowest BCUT2D eigenvalue weighted by Gasteiger charge is -2.18. The van der Waals surface area contributed by atoms with Crippen molar-refractivity contribution < 1.29 is 14.3 Å². The van der Waals surface area contributed by atoms with Crippen molar-refractivity contribution >= 4 is 40.9 Å². The van der Waals surface area contributed by atoms with Crippen LogP contribution in [0.1, 0.15) is 22.8 Å². The Bertz CT molecular complexity index is 898. The Morgan fingerprint density at radius 2 is 1.96 bits per heavy atom. The highest BCUT2D eigenvalue weighted by atomic mass is 35.5. The van der Waals surface area contributed by atoms with Crippen molar-refractivity contribution in [2.75, 3.05) is 17.7 Å². The lowest BCUT2D eigenvalue weighted by atomic mass is 10.1. The van der Waals surface area contributed by atoms with E-state index in [4.69, 9.17) is 16.3 Å². The van der Waals surface area contributed by atoms with Gasteiger partial charge in [0.15, 0.2) is 0 Å². The smallest absolute Gasteiger partial charge is 0.265 e. The molecule has 0 unspecified atom stereocenters. The summed E-state index contributed by atoms with van der Waals surface area (Å²) in [5.74, 6) is 0.893. The summed E-state index contributed by atoms with van der Waals surface area (Å²) in [5, 5.41) is 6.27. The molecular formula is C20H19ClN2O3S. The number of amides is 2. The predicted octanol–water partition coefficient (Wildman–Crippen LogP) is 4.20. The third-order valence-corrected chi connectivity index (χ3v) is 5.46. The molecule has 0 saturated carbocycles. The number of carbonyl (C=O) groups excluding carboxylic acids is 2. The molecule has 2 N–H and O–H groups in total. The van der Waals surface area contributed by atoms with Crippen LogP contribution in [0.25, 0.3) is 0 Å². The summed E-state index contributed by atoms with van der Waals surface area (Å²) in [4.78, 5) is 25.4. The molecule has 2 amide bonds. The first-order valence-corrected chi connectivity index (χ1v) is 9.80. The van der Waals surface area contributed by atoms with Gasteiger partial charge in [-0.15, -0.1) is 11.8 Å². The number of nitrogens with one attached hydrogen (secondary N) is 2. The number of allylic oxidation sites excluding steroid dienone is 1. The highest BCUT2D eigenvalue weighted by molar-refractivity contribution is 8.04. The number of hydrogen-bond donors (Lipinski definition) is 2. The zero-order valence-corrected chi connectivity index (χ0v) is 16.3. The summed E-state index contributed by atoms with van der Waals surface area (Å²) in [5.41, 5.74) is 1.85. The zero-order chi connectivity index (χ0) is 19.2. The van der Waals surface area contributed by atoms with E-state index in [9.17, 15) is 9.59 Å². The molecule has 0 radical (unpaired) electrons. The largest absolute Gasteiger partial charge is 0.496 e. The van der Waals surface area contributed by atoms with Crippen LogP contribution in [-0.4, -0.2) is 24.2 Å². The fourth-order valence-electron chi connectivity index (χ4n) is 2.58. The molecule has 140 valence electrons. The number of carbonyl (C=O) groups is 2. The van der Waals surface area contributed by atoms with E-state index in [0.717, 1.165) is 11.3 Å². The fraction of sp³-hybridized carbons (Fsp3) is 0.200. The van der Waals surface area contributed by atoms with Crippen LogP contribution >= 0.6 is 23.4 Å². The molecular weight excluding hydrogens is 384 g/mol. The van der Waals surface area contributed by atoms with E-state index in [1.807, 2.05) is 18.2 Å². The summed E-state index contributed by atoms with van der Waals surface area (Å²) < 4.78 is 5.42. The molecule has 1 aliphatic rings. The summed E-state index contributed by atoms with van der Waals surface area (Å²) >= 11 is 7.57. The molecule has 3 rings (SSSR count). The van der Waals surface area contributed by atoms with Crippen molar-refractivity contribution in [3.8, 4) is 0 Å². The Morgan fingerprint density at radius 1 is 1.15 bits per heavy atom. The van der Waals surface area contributed by atoms with Crippen LogP contribution in [0, 0.1) is 0 Å². The van der Waals surface area contributed by atoms with Crippen LogP contribution in [0.15, 0.2) is 59.2 Å². The van der Waals surface area contributed by atoms with Gasteiger partial charge in [0, 0.05) is 28.6 Å². The molecule has 0 aliphatic carbocycles. The molecule has 0 bridgehead atoms. The Morgan fingerprint density at radius 3 is 2.74 bits per heavy atom. The average molecular weight is 403 g/mol. The molecule has 5 nitrogen and oxygen atoms in total. The number of rotatable bonds is 5. The van der Waals surface area contributed by atoms with Crippen LogP contribution in [0.2, 0.25) is 5.02 Å². The zero-order valence-electron chi connectivity index (χ0n) is 14.8. The van der Waals surface area contributed by atoms with Gasteiger partial charge in [0.05, 0.1) is 6.61 Å². The van der Waals surface area contributed by atoms with E-state index in [1.54, 1.807) is 37.3 Å². The van der Waals surface area contributed by atoms with Crippen LogP contribution in [0.5, 0.6) is 0 Å². The Balaban J connectivity index is 1.65. The van der Waals surface area contributed by atoms with Gasteiger partial charge in [-0.05, 0) is 36.8 Å². The summed E-state index contributed by atoms with van der Waals surface area (Å²) in [6.45, 7) is 2.71. The van der Waals surface area contributed by atoms with Crippen LogP contribution in [-0.2, 0) is 16.1 Å². The van der Waals surface area contributed by atoms with Crippen molar-refractivity contribution in [3.05, 3.63) is 75.3 Å². The van der Waals surface area contributed by atoms with Crippen molar-refractivity contribution in [1.29, 1.82) is 0 Å². The highest BCUT2D eigenvalue weighted by Gasteiger charge is 2.19. The maximum atomic E-state index is 12.4. The van der Waals surface area contributed by atoms with E-state index in [-0.39, 0.29) is 11.8 Å². The van der Waals surface area contributed by atoms with Crippen LogP contribution < -0.4 is 10.6 Å². The maximum Gasteiger partial charge on any atom is 0.265 e. The second-order valence-electron chi connectivity index (χ2n) is 5.89. The minimum absolute atomic E-state index is 0.231. The van der Waals surface area contributed by atoms with Gasteiger partial charge in [-0.1, -0.05) is 35.9 Å². The summed E-state index contributed by atoms with van der Waals surface area (Å²) in [7, 11) is 0. The minimum Gasteiger partial charge on any atom is -0.496 e. The molecule has 0 atom stereocenters. The number of ether oxygens (including phenoxy) is 1. The van der Waals surface area contributed by atoms with E-state index in [1.165, 1.54) is 11.8 Å². The van der Waals surface area contributed by atoms with Crippen molar-refractivity contribution in [2.24, 2.45) is 0 Å². The van der Waals surface area contributed by atoms with E-state index >= 15 is 0 Å². The molecule has 0 spiro atoms. The lowest BCUT2D eigenvalue weighted by Crippen LogP contribution is -2.23. The van der Waals surface area contributed by atoms with Gasteiger partial charge >= 0.3 is 0 Å². The first-order valence-electron chi connectivity index (χ1n) is 8.44. The van der Waals surface area contributed by atoms with Crippen molar-refractivity contribution in [3.63, 3.8) is 0 Å². The molecule has 2 aromatic rings. The van der Waals surface area contributed by atoms with Crippen molar-refractivity contribution in [2.45, 2.75) is 13.5 Å². The third kappa shape index (κ3) is 5.05. The molecule has 27 heavy (non-hydrogen) atoms.